The third-order valence-corrected chi connectivity index (χ3v) is 3.80. The van der Waals surface area contributed by atoms with E-state index in [9.17, 15) is 10.2 Å². The van der Waals surface area contributed by atoms with E-state index in [0.717, 1.165) is 24.0 Å². The van der Waals surface area contributed by atoms with Crippen molar-refractivity contribution in [2.24, 2.45) is 0 Å². The zero-order valence-electron chi connectivity index (χ0n) is 12.4. The Balaban J connectivity index is 2.59. The highest BCUT2D eigenvalue weighted by Gasteiger charge is 2.13. The Labute approximate surface area is 120 Å². The summed E-state index contributed by atoms with van der Waals surface area (Å²) in [5.41, 5.74) is 4.94. The van der Waals surface area contributed by atoms with Gasteiger partial charge in [0.2, 0.25) is 0 Å². The molecule has 2 aromatic carbocycles. The lowest BCUT2D eigenvalue weighted by Gasteiger charge is -2.12. The van der Waals surface area contributed by atoms with Gasteiger partial charge in [-0.25, -0.2) is 0 Å². The maximum atomic E-state index is 10.2. The van der Waals surface area contributed by atoms with Crippen LogP contribution in [0, 0.1) is 0 Å². The van der Waals surface area contributed by atoms with Crippen LogP contribution in [0.1, 0.15) is 37.5 Å². The number of hydrogen-bond acceptors (Lipinski definition) is 2. The predicted octanol–water partition coefficient (Wildman–Crippen LogP) is 4.45. The lowest BCUT2D eigenvalue weighted by atomic mass is 9.95. The number of phenols is 2. The van der Waals surface area contributed by atoms with Crippen molar-refractivity contribution in [3.8, 4) is 22.6 Å². The van der Waals surface area contributed by atoms with Crippen LogP contribution in [-0.2, 0) is 19.3 Å². The minimum absolute atomic E-state index is 0.00458. The van der Waals surface area contributed by atoms with Crippen LogP contribution in [0.3, 0.4) is 0 Å². The van der Waals surface area contributed by atoms with E-state index in [1.54, 1.807) is 0 Å². The molecule has 0 bridgehead atoms. The molecule has 2 N–H and O–H groups in total. The van der Waals surface area contributed by atoms with Crippen LogP contribution in [0.15, 0.2) is 30.3 Å². The van der Waals surface area contributed by atoms with Crippen LogP contribution in [-0.4, -0.2) is 10.2 Å². The highest BCUT2D eigenvalue weighted by Crippen LogP contribution is 2.39. The first-order valence-electron chi connectivity index (χ1n) is 7.27. The zero-order valence-corrected chi connectivity index (χ0v) is 12.4. The van der Waals surface area contributed by atoms with Crippen molar-refractivity contribution >= 4 is 0 Å². The molecule has 0 amide bonds. The molecule has 2 nitrogen and oxygen atoms in total. The van der Waals surface area contributed by atoms with Gasteiger partial charge in [-0.1, -0.05) is 51.1 Å². The molecule has 0 unspecified atom stereocenters. The molecule has 0 heterocycles. The Bertz CT molecular complexity index is 593. The normalized spacial score (nSPS) is 10.8. The second-order valence-electron chi connectivity index (χ2n) is 5.07. The van der Waals surface area contributed by atoms with E-state index in [0.29, 0.717) is 12.0 Å². The molecule has 2 aromatic rings. The number of aromatic hydroxyl groups is 2. The van der Waals surface area contributed by atoms with E-state index in [-0.39, 0.29) is 11.5 Å². The topological polar surface area (TPSA) is 40.5 Å². The van der Waals surface area contributed by atoms with Gasteiger partial charge in [0, 0.05) is 5.56 Å². The fraction of sp³-hybridized carbons (Fsp3) is 0.333. The van der Waals surface area contributed by atoms with E-state index >= 15 is 0 Å². The quantitative estimate of drug-likeness (QED) is 0.806. The summed E-state index contributed by atoms with van der Waals surface area (Å²) < 4.78 is 0. The molecule has 0 aliphatic carbocycles. The molecule has 0 aromatic heterocycles. The van der Waals surface area contributed by atoms with Gasteiger partial charge in [0.1, 0.15) is 0 Å². The average molecular weight is 270 g/mol. The summed E-state index contributed by atoms with van der Waals surface area (Å²) >= 11 is 0. The molecule has 0 spiro atoms. The molecule has 0 saturated carbocycles. The monoisotopic (exact) mass is 270 g/mol. The van der Waals surface area contributed by atoms with Gasteiger partial charge in [-0.2, -0.15) is 0 Å². The second-order valence-corrected chi connectivity index (χ2v) is 5.07. The van der Waals surface area contributed by atoms with E-state index in [2.05, 4.69) is 32.0 Å². The van der Waals surface area contributed by atoms with Gasteiger partial charge in [0.05, 0.1) is 0 Å². The van der Waals surface area contributed by atoms with Crippen LogP contribution in [0.5, 0.6) is 11.5 Å². The number of hydrogen-bond donors (Lipinski definition) is 2. The molecule has 0 fully saturated rings. The average Bonchev–Trinajstić information content (AvgIpc) is 2.49. The second kappa shape index (κ2) is 6.00. The van der Waals surface area contributed by atoms with Crippen LogP contribution in [0.25, 0.3) is 11.1 Å². The fourth-order valence-corrected chi connectivity index (χ4v) is 2.47. The Morgan fingerprint density at radius 2 is 1.35 bits per heavy atom. The van der Waals surface area contributed by atoms with E-state index in [4.69, 9.17) is 0 Å². The van der Waals surface area contributed by atoms with Crippen molar-refractivity contribution in [1.82, 2.24) is 0 Å². The first kappa shape index (κ1) is 14.4. The summed E-state index contributed by atoms with van der Waals surface area (Å²) in [5, 5.41) is 20.3. The molecular formula is C18H22O2. The number of rotatable bonds is 4. The number of aryl methyl sites for hydroxylation is 3. The van der Waals surface area contributed by atoms with Crippen LogP contribution in [0.4, 0.5) is 0 Å². The maximum absolute atomic E-state index is 10.2. The van der Waals surface area contributed by atoms with E-state index < -0.39 is 0 Å². The molecule has 0 aliphatic heterocycles. The standard InChI is InChI=1S/C18H22O2/c1-4-12-9-13(5-2)11-15(10-12)16-8-7-14(6-3)17(19)18(16)20/h7-11,19-20H,4-6H2,1-3H3. The highest BCUT2D eigenvalue weighted by molar-refractivity contribution is 5.75. The van der Waals surface area contributed by atoms with Crippen molar-refractivity contribution in [3.05, 3.63) is 47.0 Å². The summed E-state index contributed by atoms with van der Waals surface area (Å²) in [6.07, 6.45) is 2.62. The fourth-order valence-electron chi connectivity index (χ4n) is 2.47. The summed E-state index contributed by atoms with van der Waals surface area (Å²) in [6, 6.07) is 10.1. The smallest absolute Gasteiger partial charge is 0.165 e. The molecule has 0 aliphatic rings. The molecular weight excluding hydrogens is 248 g/mol. The SMILES string of the molecule is CCc1cc(CC)cc(-c2ccc(CC)c(O)c2O)c1. The summed E-state index contributed by atoms with van der Waals surface area (Å²) in [4.78, 5) is 0. The molecule has 0 atom stereocenters. The van der Waals surface area contributed by atoms with E-state index in [1.807, 2.05) is 19.1 Å². The molecule has 106 valence electrons. The molecule has 20 heavy (non-hydrogen) atoms. The maximum Gasteiger partial charge on any atom is 0.165 e. The third kappa shape index (κ3) is 2.64. The molecule has 0 radical (unpaired) electrons. The lowest BCUT2D eigenvalue weighted by molar-refractivity contribution is 0.401. The zero-order chi connectivity index (χ0) is 14.7. The van der Waals surface area contributed by atoms with Gasteiger partial charge < -0.3 is 10.2 Å². The minimum Gasteiger partial charge on any atom is -0.504 e. The Morgan fingerprint density at radius 1 is 0.750 bits per heavy atom. The van der Waals surface area contributed by atoms with Crippen LogP contribution < -0.4 is 0 Å². The van der Waals surface area contributed by atoms with Gasteiger partial charge >= 0.3 is 0 Å². The number of phenolic OH excluding ortho intramolecular Hbond substituents is 2. The third-order valence-electron chi connectivity index (χ3n) is 3.80. The van der Waals surface area contributed by atoms with Crippen molar-refractivity contribution in [2.45, 2.75) is 40.0 Å². The van der Waals surface area contributed by atoms with Crippen molar-refractivity contribution in [1.29, 1.82) is 0 Å². The number of benzene rings is 2. The molecule has 0 saturated heterocycles. The first-order chi connectivity index (χ1) is 9.60. The highest BCUT2D eigenvalue weighted by atomic mass is 16.3. The van der Waals surface area contributed by atoms with Crippen molar-refractivity contribution in [2.75, 3.05) is 0 Å². The van der Waals surface area contributed by atoms with Gasteiger partial charge in [-0.05, 0) is 41.5 Å². The first-order valence-corrected chi connectivity index (χ1v) is 7.27. The van der Waals surface area contributed by atoms with Gasteiger partial charge in [0.15, 0.2) is 11.5 Å². The van der Waals surface area contributed by atoms with Gasteiger partial charge in [-0.15, -0.1) is 0 Å². The summed E-state index contributed by atoms with van der Waals surface area (Å²) in [6.45, 7) is 6.20. The summed E-state index contributed by atoms with van der Waals surface area (Å²) in [7, 11) is 0. The van der Waals surface area contributed by atoms with Crippen LogP contribution in [0.2, 0.25) is 0 Å². The van der Waals surface area contributed by atoms with Crippen LogP contribution >= 0.6 is 0 Å². The molecule has 2 rings (SSSR count). The Kier molecular flexibility index (Phi) is 4.33. The van der Waals surface area contributed by atoms with Gasteiger partial charge in [-0.3, -0.25) is 0 Å². The lowest BCUT2D eigenvalue weighted by Crippen LogP contribution is -1.91. The predicted molar refractivity (Wildman–Crippen MR) is 83.3 cm³/mol. The Hall–Kier alpha value is -1.96. The van der Waals surface area contributed by atoms with Gasteiger partial charge in [0.25, 0.3) is 0 Å². The largest absolute Gasteiger partial charge is 0.504 e. The Morgan fingerprint density at radius 3 is 1.85 bits per heavy atom. The van der Waals surface area contributed by atoms with Crippen molar-refractivity contribution < 1.29 is 10.2 Å². The molecule has 2 heteroatoms. The minimum atomic E-state index is -0.0142. The summed E-state index contributed by atoms with van der Waals surface area (Å²) in [5.74, 6) is -0.00962. The van der Waals surface area contributed by atoms with Crippen molar-refractivity contribution in [3.63, 3.8) is 0 Å². The van der Waals surface area contributed by atoms with E-state index in [1.165, 1.54) is 11.1 Å².